The van der Waals surface area contributed by atoms with Crippen LogP contribution in [0.1, 0.15) is 27.0 Å². The predicted octanol–water partition coefficient (Wildman–Crippen LogP) is 6.15. The molecule has 31 heavy (non-hydrogen) atoms. The molecule has 158 valence electrons. The molecule has 0 fully saturated rings. The Hall–Kier alpha value is -3.45. The van der Waals surface area contributed by atoms with Crippen molar-refractivity contribution in [1.29, 1.82) is 0 Å². The summed E-state index contributed by atoms with van der Waals surface area (Å²) in [7, 11) is 1.53. The summed E-state index contributed by atoms with van der Waals surface area (Å²) < 4.78 is 12.0. The standard InChI is InChI=1S/C24H20BrNO5/c1-16-3-8-19(9-4-16)22(27)12-7-18-13-21(25)24(23(14-18)30-2)31-15-17-5-10-20(11-6-17)26(28)29/h3-14H,15H2,1-2H3/b12-7+. The Bertz CT molecular complexity index is 1120. The monoisotopic (exact) mass is 481 g/mol. The van der Waals surface area contributed by atoms with Crippen LogP contribution in [-0.4, -0.2) is 17.8 Å². The van der Waals surface area contributed by atoms with Crippen LogP contribution >= 0.6 is 15.9 Å². The number of carbonyl (C=O) groups is 1. The first-order valence-corrected chi connectivity index (χ1v) is 10.2. The third-order valence-electron chi connectivity index (χ3n) is 4.55. The molecule has 6 nitrogen and oxygen atoms in total. The largest absolute Gasteiger partial charge is 0.493 e. The molecule has 7 heteroatoms. The number of allylic oxidation sites excluding steroid dienone is 1. The van der Waals surface area contributed by atoms with E-state index in [1.165, 1.54) is 25.3 Å². The van der Waals surface area contributed by atoms with E-state index >= 15 is 0 Å². The molecule has 0 heterocycles. The number of ether oxygens (including phenoxy) is 2. The first-order valence-electron chi connectivity index (χ1n) is 9.40. The predicted molar refractivity (Wildman–Crippen MR) is 123 cm³/mol. The minimum absolute atomic E-state index is 0.0267. The molecule has 0 aromatic heterocycles. The van der Waals surface area contributed by atoms with Crippen LogP contribution in [0, 0.1) is 17.0 Å². The van der Waals surface area contributed by atoms with E-state index in [1.807, 2.05) is 25.1 Å². The summed E-state index contributed by atoms with van der Waals surface area (Å²) in [5.74, 6) is 0.912. The second-order valence-electron chi connectivity index (χ2n) is 6.81. The molecule has 3 rings (SSSR count). The Labute approximate surface area is 188 Å². The van der Waals surface area contributed by atoms with E-state index in [0.29, 0.717) is 21.5 Å². The van der Waals surface area contributed by atoms with Crippen molar-refractivity contribution in [2.75, 3.05) is 7.11 Å². The van der Waals surface area contributed by atoms with E-state index in [4.69, 9.17) is 9.47 Å². The van der Waals surface area contributed by atoms with Gasteiger partial charge in [-0.15, -0.1) is 0 Å². The summed E-state index contributed by atoms with van der Waals surface area (Å²) in [4.78, 5) is 22.7. The van der Waals surface area contributed by atoms with Crippen LogP contribution in [0.3, 0.4) is 0 Å². The topological polar surface area (TPSA) is 78.7 Å². The van der Waals surface area contributed by atoms with Gasteiger partial charge in [-0.05, 0) is 64.3 Å². The first kappa shape index (κ1) is 22.2. The van der Waals surface area contributed by atoms with Gasteiger partial charge in [-0.3, -0.25) is 14.9 Å². The highest BCUT2D eigenvalue weighted by atomic mass is 79.9. The van der Waals surface area contributed by atoms with Gasteiger partial charge in [0, 0.05) is 17.7 Å². The van der Waals surface area contributed by atoms with Crippen molar-refractivity contribution in [3.63, 3.8) is 0 Å². The zero-order valence-electron chi connectivity index (χ0n) is 17.0. The average molecular weight is 482 g/mol. The van der Waals surface area contributed by atoms with Gasteiger partial charge >= 0.3 is 0 Å². The van der Waals surface area contributed by atoms with Crippen LogP contribution in [0.5, 0.6) is 11.5 Å². The molecular formula is C24H20BrNO5. The van der Waals surface area contributed by atoms with E-state index in [1.54, 1.807) is 36.4 Å². The molecule has 0 radical (unpaired) electrons. The number of methoxy groups -OCH3 is 1. The quantitative estimate of drug-likeness (QED) is 0.167. The fourth-order valence-corrected chi connectivity index (χ4v) is 3.41. The van der Waals surface area contributed by atoms with Crippen molar-refractivity contribution < 1.29 is 19.2 Å². The normalized spacial score (nSPS) is 10.8. The zero-order valence-corrected chi connectivity index (χ0v) is 18.6. The number of benzene rings is 3. The van der Waals surface area contributed by atoms with Gasteiger partial charge in [-0.2, -0.15) is 0 Å². The number of hydrogen-bond acceptors (Lipinski definition) is 5. The lowest BCUT2D eigenvalue weighted by Crippen LogP contribution is -1.99. The Morgan fingerprint density at radius 1 is 1.10 bits per heavy atom. The number of hydrogen-bond donors (Lipinski definition) is 0. The Balaban J connectivity index is 1.74. The van der Waals surface area contributed by atoms with Crippen molar-refractivity contribution in [2.24, 2.45) is 0 Å². The summed E-state index contributed by atoms with van der Waals surface area (Å²) in [5.41, 5.74) is 3.30. The van der Waals surface area contributed by atoms with Crippen molar-refractivity contribution >= 4 is 33.5 Å². The fourth-order valence-electron chi connectivity index (χ4n) is 2.83. The lowest BCUT2D eigenvalue weighted by Gasteiger charge is -2.13. The summed E-state index contributed by atoms with van der Waals surface area (Å²) in [6.45, 7) is 2.19. The second-order valence-corrected chi connectivity index (χ2v) is 7.66. The van der Waals surface area contributed by atoms with Gasteiger partial charge in [-0.25, -0.2) is 0 Å². The number of nitro groups is 1. The third-order valence-corrected chi connectivity index (χ3v) is 5.13. The van der Waals surface area contributed by atoms with E-state index < -0.39 is 4.92 Å². The lowest BCUT2D eigenvalue weighted by atomic mass is 10.1. The van der Waals surface area contributed by atoms with Crippen LogP contribution in [0.2, 0.25) is 0 Å². The van der Waals surface area contributed by atoms with Gasteiger partial charge in [0.25, 0.3) is 5.69 Å². The van der Waals surface area contributed by atoms with E-state index in [-0.39, 0.29) is 18.1 Å². The van der Waals surface area contributed by atoms with E-state index in [2.05, 4.69) is 15.9 Å². The maximum Gasteiger partial charge on any atom is 0.269 e. The van der Waals surface area contributed by atoms with Crippen LogP contribution in [0.4, 0.5) is 5.69 Å². The van der Waals surface area contributed by atoms with Gasteiger partial charge in [0.2, 0.25) is 0 Å². The molecule has 0 aliphatic rings. The SMILES string of the molecule is COc1cc(/C=C/C(=O)c2ccc(C)cc2)cc(Br)c1OCc1ccc([N+](=O)[O-])cc1. The van der Waals surface area contributed by atoms with Gasteiger partial charge in [-0.1, -0.05) is 35.9 Å². The highest BCUT2D eigenvalue weighted by Crippen LogP contribution is 2.37. The summed E-state index contributed by atoms with van der Waals surface area (Å²) in [5, 5.41) is 10.8. The molecule has 0 N–H and O–H groups in total. The van der Waals surface area contributed by atoms with Crippen molar-refractivity contribution in [3.05, 3.63) is 104 Å². The molecule has 0 saturated carbocycles. The average Bonchev–Trinajstić information content (AvgIpc) is 2.77. The molecule has 0 amide bonds. The molecule has 0 unspecified atom stereocenters. The van der Waals surface area contributed by atoms with Crippen LogP contribution in [0.25, 0.3) is 6.08 Å². The number of nitrogens with zero attached hydrogens (tertiary/aromatic N) is 1. The van der Waals surface area contributed by atoms with Crippen LogP contribution in [-0.2, 0) is 6.61 Å². The van der Waals surface area contributed by atoms with Gasteiger partial charge in [0.05, 0.1) is 16.5 Å². The first-order chi connectivity index (χ1) is 14.9. The molecule has 0 aliphatic heterocycles. The van der Waals surface area contributed by atoms with Crippen LogP contribution in [0.15, 0.2) is 71.2 Å². The lowest BCUT2D eigenvalue weighted by molar-refractivity contribution is -0.384. The molecule has 3 aromatic rings. The number of non-ortho nitro benzene ring substituents is 1. The Morgan fingerprint density at radius 3 is 2.39 bits per heavy atom. The fraction of sp³-hybridized carbons (Fsp3) is 0.125. The Morgan fingerprint density at radius 2 is 1.77 bits per heavy atom. The van der Waals surface area contributed by atoms with Crippen molar-refractivity contribution in [3.8, 4) is 11.5 Å². The Kier molecular flexibility index (Phi) is 7.20. The third kappa shape index (κ3) is 5.79. The van der Waals surface area contributed by atoms with E-state index in [0.717, 1.165) is 16.7 Å². The van der Waals surface area contributed by atoms with Crippen LogP contribution < -0.4 is 9.47 Å². The van der Waals surface area contributed by atoms with E-state index in [9.17, 15) is 14.9 Å². The van der Waals surface area contributed by atoms with Gasteiger partial charge < -0.3 is 9.47 Å². The summed E-state index contributed by atoms with van der Waals surface area (Å²) in [6, 6.07) is 17.2. The van der Waals surface area contributed by atoms with Crippen molar-refractivity contribution in [1.82, 2.24) is 0 Å². The highest BCUT2D eigenvalue weighted by molar-refractivity contribution is 9.10. The number of carbonyl (C=O) groups excluding carboxylic acids is 1. The highest BCUT2D eigenvalue weighted by Gasteiger charge is 2.12. The number of rotatable bonds is 8. The second kappa shape index (κ2) is 10.0. The number of halogens is 1. The minimum atomic E-state index is -0.444. The molecule has 3 aromatic carbocycles. The van der Waals surface area contributed by atoms with Gasteiger partial charge in [0.1, 0.15) is 6.61 Å². The summed E-state index contributed by atoms with van der Waals surface area (Å²) in [6.07, 6.45) is 3.23. The molecule has 0 saturated heterocycles. The van der Waals surface area contributed by atoms with Crippen molar-refractivity contribution in [2.45, 2.75) is 13.5 Å². The number of ketones is 1. The minimum Gasteiger partial charge on any atom is -0.493 e. The maximum atomic E-state index is 12.4. The molecule has 0 bridgehead atoms. The number of aryl methyl sites for hydroxylation is 1. The molecular weight excluding hydrogens is 462 g/mol. The smallest absolute Gasteiger partial charge is 0.269 e. The van der Waals surface area contributed by atoms with Gasteiger partial charge in [0.15, 0.2) is 17.3 Å². The molecule has 0 atom stereocenters. The maximum absolute atomic E-state index is 12.4. The summed E-state index contributed by atoms with van der Waals surface area (Å²) >= 11 is 3.49. The molecule has 0 spiro atoms. The number of nitro benzene ring substituents is 1. The molecule has 0 aliphatic carbocycles. The zero-order chi connectivity index (χ0) is 22.4.